The SMILES string of the molecule is CNCC/C1=C/NC/C=C\C=C/C1C. The van der Waals surface area contributed by atoms with E-state index in [9.17, 15) is 0 Å². The van der Waals surface area contributed by atoms with Crippen LogP contribution in [0, 0.1) is 5.92 Å². The van der Waals surface area contributed by atoms with Gasteiger partial charge in [0.2, 0.25) is 0 Å². The first-order chi connectivity index (χ1) is 6.84. The lowest BCUT2D eigenvalue weighted by Gasteiger charge is -2.12. The Morgan fingerprint density at radius 1 is 1.50 bits per heavy atom. The van der Waals surface area contributed by atoms with Crippen molar-refractivity contribution in [1.82, 2.24) is 10.6 Å². The van der Waals surface area contributed by atoms with Gasteiger partial charge in [-0.2, -0.15) is 0 Å². The molecule has 14 heavy (non-hydrogen) atoms. The fourth-order valence-corrected chi connectivity index (χ4v) is 1.46. The van der Waals surface area contributed by atoms with Gasteiger partial charge in [0, 0.05) is 6.54 Å². The van der Waals surface area contributed by atoms with Crippen LogP contribution in [0.4, 0.5) is 0 Å². The van der Waals surface area contributed by atoms with Crippen molar-refractivity contribution in [1.29, 1.82) is 0 Å². The number of nitrogens with one attached hydrogen (secondary N) is 2. The summed E-state index contributed by atoms with van der Waals surface area (Å²) in [5, 5.41) is 6.48. The molecule has 1 rings (SSSR count). The molecule has 1 aliphatic heterocycles. The van der Waals surface area contributed by atoms with E-state index in [1.54, 1.807) is 0 Å². The van der Waals surface area contributed by atoms with Gasteiger partial charge in [0.25, 0.3) is 0 Å². The lowest BCUT2D eigenvalue weighted by atomic mass is 9.98. The summed E-state index contributed by atoms with van der Waals surface area (Å²) < 4.78 is 0. The minimum absolute atomic E-state index is 0.526. The molecular formula is C12H20N2. The van der Waals surface area contributed by atoms with E-state index in [2.05, 4.69) is 48.1 Å². The molecule has 0 aromatic rings. The van der Waals surface area contributed by atoms with Crippen LogP contribution in [-0.4, -0.2) is 20.1 Å². The van der Waals surface area contributed by atoms with Crippen LogP contribution in [0.5, 0.6) is 0 Å². The fraction of sp³-hybridized carbons (Fsp3) is 0.500. The van der Waals surface area contributed by atoms with Crippen LogP contribution in [0.1, 0.15) is 13.3 Å². The van der Waals surface area contributed by atoms with E-state index in [1.807, 2.05) is 7.05 Å². The smallest absolute Gasteiger partial charge is 0.0328 e. The molecule has 0 saturated carbocycles. The first kappa shape index (κ1) is 11.1. The second kappa shape index (κ2) is 6.44. The van der Waals surface area contributed by atoms with Gasteiger partial charge in [0.15, 0.2) is 0 Å². The molecule has 1 unspecified atom stereocenters. The predicted molar refractivity (Wildman–Crippen MR) is 62.1 cm³/mol. The second-order valence-electron chi connectivity index (χ2n) is 3.58. The van der Waals surface area contributed by atoms with Crippen molar-refractivity contribution in [2.45, 2.75) is 13.3 Å². The first-order valence-corrected chi connectivity index (χ1v) is 5.25. The number of hydrogen-bond donors (Lipinski definition) is 2. The molecule has 0 aliphatic carbocycles. The van der Waals surface area contributed by atoms with Crippen molar-refractivity contribution >= 4 is 0 Å². The number of hydrogen-bond acceptors (Lipinski definition) is 2. The van der Waals surface area contributed by atoms with E-state index in [0.29, 0.717) is 5.92 Å². The Labute approximate surface area is 86.8 Å². The Morgan fingerprint density at radius 2 is 2.36 bits per heavy atom. The quantitative estimate of drug-likeness (QED) is 0.713. The highest BCUT2D eigenvalue weighted by Crippen LogP contribution is 2.15. The van der Waals surface area contributed by atoms with Crippen LogP contribution in [-0.2, 0) is 0 Å². The monoisotopic (exact) mass is 192 g/mol. The largest absolute Gasteiger partial charge is 0.387 e. The summed E-state index contributed by atoms with van der Waals surface area (Å²) in [6.07, 6.45) is 11.9. The van der Waals surface area contributed by atoms with Gasteiger partial charge in [0.1, 0.15) is 0 Å². The number of allylic oxidation sites excluding steroid dienone is 3. The van der Waals surface area contributed by atoms with E-state index in [0.717, 1.165) is 19.5 Å². The van der Waals surface area contributed by atoms with Gasteiger partial charge in [0.05, 0.1) is 0 Å². The highest BCUT2D eigenvalue weighted by Gasteiger charge is 2.04. The van der Waals surface area contributed by atoms with E-state index in [4.69, 9.17) is 0 Å². The molecule has 0 bridgehead atoms. The molecule has 78 valence electrons. The molecule has 0 saturated heterocycles. The van der Waals surface area contributed by atoms with Gasteiger partial charge in [-0.1, -0.05) is 31.2 Å². The molecule has 0 radical (unpaired) electrons. The normalized spacial score (nSPS) is 30.1. The zero-order valence-corrected chi connectivity index (χ0v) is 9.09. The summed E-state index contributed by atoms with van der Waals surface area (Å²) >= 11 is 0. The lowest BCUT2D eigenvalue weighted by Crippen LogP contribution is -2.13. The predicted octanol–water partition coefficient (Wildman–Crippen LogP) is 1.83. The average Bonchev–Trinajstić information content (AvgIpc) is 2.28. The molecule has 0 spiro atoms. The second-order valence-corrected chi connectivity index (χ2v) is 3.58. The summed E-state index contributed by atoms with van der Waals surface area (Å²) in [6.45, 7) is 4.19. The Kier molecular flexibility index (Phi) is 5.08. The third-order valence-corrected chi connectivity index (χ3v) is 2.42. The molecule has 1 aliphatic rings. The van der Waals surface area contributed by atoms with Crippen molar-refractivity contribution in [2.24, 2.45) is 5.92 Å². The Bertz CT molecular complexity index is 239. The van der Waals surface area contributed by atoms with E-state index >= 15 is 0 Å². The molecule has 2 N–H and O–H groups in total. The maximum Gasteiger partial charge on any atom is 0.0328 e. The van der Waals surface area contributed by atoms with Gasteiger partial charge < -0.3 is 10.6 Å². The lowest BCUT2D eigenvalue weighted by molar-refractivity contribution is 0.710. The highest BCUT2D eigenvalue weighted by atomic mass is 14.8. The molecule has 0 aromatic heterocycles. The molecule has 2 nitrogen and oxygen atoms in total. The van der Waals surface area contributed by atoms with Crippen molar-refractivity contribution in [3.63, 3.8) is 0 Å². The van der Waals surface area contributed by atoms with Crippen LogP contribution < -0.4 is 10.6 Å². The van der Waals surface area contributed by atoms with E-state index in [-0.39, 0.29) is 0 Å². The highest BCUT2D eigenvalue weighted by molar-refractivity contribution is 5.17. The van der Waals surface area contributed by atoms with E-state index in [1.165, 1.54) is 5.57 Å². The van der Waals surface area contributed by atoms with Crippen molar-refractivity contribution in [3.05, 3.63) is 36.1 Å². The standard InChI is InChI=1S/C12H20N2/c1-11-6-4-3-5-8-14-10-12(11)7-9-13-2/h3-6,10-11,13-14H,7-9H2,1-2H3/b5-3-,6-4-,12-10-. The summed E-state index contributed by atoms with van der Waals surface area (Å²) in [4.78, 5) is 0. The van der Waals surface area contributed by atoms with Crippen molar-refractivity contribution in [3.8, 4) is 0 Å². The van der Waals surface area contributed by atoms with Gasteiger partial charge >= 0.3 is 0 Å². The van der Waals surface area contributed by atoms with Gasteiger partial charge in [-0.15, -0.1) is 0 Å². The Morgan fingerprint density at radius 3 is 3.14 bits per heavy atom. The maximum atomic E-state index is 3.30. The van der Waals surface area contributed by atoms with Crippen LogP contribution in [0.3, 0.4) is 0 Å². The minimum atomic E-state index is 0.526. The fourth-order valence-electron chi connectivity index (χ4n) is 1.46. The van der Waals surface area contributed by atoms with Gasteiger partial charge in [-0.25, -0.2) is 0 Å². The average molecular weight is 192 g/mol. The van der Waals surface area contributed by atoms with E-state index < -0.39 is 0 Å². The summed E-state index contributed by atoms with van der Waals surface area (Å²) in [6, 6.07) is 0. The number of rotatable bonds is 3. The van der Waals surface area contributed by atoms with Crippen LogP contribution >= 0.6 is 0 Å². The third kappa shape index (κ3) is 3.79. The maximum absolute atomic E-state index is 3.30. The molecule has 0 fully saturated rings. The molecule has 2 heteroatoms. The Hall–Kier alpha value is -1.02. The zero-order chi connectivity index (χ0) is 10.2. The third-order valence-electron chi connectivity index (χ3n) is 2.42. The first-order valence-electron chi connectivity index (χ1n) is 5.25. The molecule has 0 aromatic carbocycles. The zero-order valence-electron chi connectivity index (χ0n) is 9.09. The molecule has 0 amide bonds. The van der Waals surface area contributed by atoms with Crippen molar-refractivity contribution < 1.29 is 0 Å². The van der Waals surface area contributed by atoms with Gasteiger partial charge in [-0.05, 0) is 37.7 Å². The topological polar surface area (TPSA) is 24.1 Å². The van der Waals surface area contributed by atoms with Crippen LogP contribution in [0.2, 0.25) is 0 Å². The van der Waals surface area contributed by atoms with Crippen molar-refractivity contribution in [2.75, 3.05) is 20.1 Å². The minimum Gasteiger partial charge on any atom is -0.387 e. The molecular weight excluding hydrogens is 172 g/mol. The summed E-state index contributed by atoms with van der Waals surface area (Å²) in [5.74, 6) is 0.526. The van der Waals surface area contributed by atoms with Crippen LogP contribution in [0.25, 0.3) is 0 Å². The van der Waals surface area contributed by atoms with Gasteiger partial charge in [-0.3, -0.25) is 0 Å². The molecule has 1 heterocycles. The van der Waals surface area contributed by atoms with Crippen LogP contribution in [0.15, 0.2) is 36.1 Å². The molecule has 1 atom stereocenters. The Balaban J connectivity index is 2.59. The summed E-state index contributed by atoms with van der Waals surface area (Å²) in [5.41, 5.74) is 1.46. The summed E-state index contributed by atoms with van der Waals surface area (Å²) in [7, 11) is 1.99.